The summed E-state index contributed by atoms with van der Waals surface area (Å²) >= 11 is 0. The number of rotatable bonds is 8. The van der Waals surface area contributed by atoms with E-state index in [2.05, 4.69) is 10.0 Å². The lowest BCUT2D eigenvalue weighted by atomic mass is 9.97. The smallest absolute Gasteiger partial charge is 0.270 e. The van der Waals surface area contributed by atoms with Crippen molar-refractivity contribution in [1.82, 2.24) is 14.3 Å². The number of sulfonamides is 2. The lowest BCUT2D eigenvalue weighted by molar-refractivity contribution is -0.385. The predicted molar refractivity (Wildman–Crippen MR) is 100 cm³/mol. The number of non-ortho nitro benzene ring substituents is 1. The largest absolute Gasteiger partial charge is 0.355 e. The summed E-state index contributed by atoms with van der Waals surface area (Å²) in [5.74, 6) is -0.589. The van der Waals surface area contributed by atoms with Crippen molar-refractivity contribution in [2.75, 3.05) is 32.4 Å². The lowest BCUT2D eigenvalue weighted by Crippen LogP contribution is -2.44. The van der Waals surface area contributed by atoms with E-state index in [-0.39, 0.29) is 48.6 Å². The van der Waals surface area contributed by atoms with Crippen molar-refractivity contribution in [3.8, 4) is 0 Å². The van der Waals surface area contributed by atoms with E-state index in [9.17, 15) is 31.7 Å². The maximum absolute atomic E-state index is 12.2. The van der Waals surface area contributed by atoms with Crippen LogP contribution in [0.25, 0.3) is 0 Å². The maximum Gasteiger partial charge on any atom is 0.270 e. The highest BCUT2D eigenvalue weighted by molar-refractivity contribution is 7.89. The molecule has 1 heterocycles. The van der Waals surface area contributed by atoms with Gasteiger partial charge in [0.2, 0.25) is 26.0 Å². The number of nitro benzene ring substituents is 1. The van der Waals surface area contributed by atoms with Crippen molar-refractivity contribution in [3.05, 3.63) is 34.4 Å². The normalized spacial score (nSPS) is 16.6. The predicted octanol–water partition coefficient (Wildman–Crippen LogP) is -0.339. The van der Waals surface area contributed by atoms with Gasteiger partial charge in [-0.3, -0.25) is 14.9 Å². The summed E-state index contributed by atoms with van der Waals surface area (Å²) in [6.07, 6.45) is 1.93. The number of carbonyl (C=O) groups excluding carboxylic acids is 1. The maximum atomic E-state index is 12.2. The van der Waals surface area contributed by atoms with Gasteiger partial charge in [0.25, 0.3) is 5.69 Å². The molecule has 28 heavy (non-hydrogen) atoms. The first-order valence-corrected chi connectivity index (χ1v) is 11.8. The quantitative estimate of drug-likeness (QED) is 0.322. The van der Waals surface area contributed by atoms with Crippen molar-refractivity contribution in [1.29, 1.82) is 0 Å². The Bertz CT molecular complexity index is 939. The van der Waals surface area contributed by atoms with E-state index in [1.54, 1.807) is 0 Å². The molecule has 11 nitrogen and oxygen atoms in total. The molecule has 0 radical (unpaired) electrons. The summed E-state index contributed by atoms with van der Waals surface area (Å²) in [5.41, 5.74) is -0.336. The highest BCUT2D eigenvalue weighted by Crippen LogP contribution is 2.19. The van der Waals surface area contributed by atoms with Crippen molar-refractivity contribution in [3.63, 3.8) is 0 Å². The molecule has 1 saturated heterocycles. The van der Waals surface area contributed by atoms with Crippen molar-refractivity contribution < 1.29 is 26.6 Å². The van der Waals surface area contributed by atoms with Crippen LogP contribution < -0.4 is 10.0 Å². The number of hydrogen-bond acceptors (Lipinski definition) is 7. The van der Waals surface area contributed by atoms with Gasteiger partial charge in [0, 0.05) is 44.2 Å². The van der Waals surface area contributed by atoms with E-state index in [0.717, 1.165) is 12.3 Å². The van der Waals surface area contributed by atoms with Crippen LogP contribution in [-0.2, 0) is 24.8 Å². The van der Waals surface area contributed by atoms with Crippen molar-refractivity contribution in [2.24, 2.45) is 5.92 Å². The molecule has 1 fully saturated rings. The van der Waals surface area contributed by atoms with Gasteiger partial charge >= 0.3 is 0 Å². The number of piperidine rings is 1. The molecular formula is C15H22N4O7S2. The first-order chi connectivity index (χ1) is 13.0. The highest BCUT2D eigenvalue weighted by atomic mass is 32.2. The number of carbonyl (C=O) groups is 1. The third-order valence-electron chi connectivity index (χ3n) is 4.35. The van der Waals surface area contributed by atoms with Crippen LogP contribution in [0, 0.1) is 16.0 Å². The molecule has 13 heteroatoms. The van der Waals surface area contributed by atoms with E-state index < -0.39 is 25.0 Å². The van der Waals surface area contributed by atoms with Gasteiger partial charge in [-0.1, -0.05) is 6.07 Å². The van der Waals surface area contributed by atoms with Gasteiger partial charge in [0.05, 0.1) is 16.1 Å². The van der Waals surface area contributed by atoms with E-state index in [0.29, 0.717) is 12.8 Å². The Hall–Kier alpha value is -2.09. The minimum absolute atomic E-state index is 0.0410. The molecule has 156 valence electrons. The Morgan fingerprint density at radius 2 is 1.86 bits per heavy atom. The van der Waals surface area contributed by atoms with Gasteiger partial charge in [0.1, 0.15) is 0 Å². The van der Waals surface area contributed by atoms with E-state index in [4.69, 9.17) is 0 Å². The second-order valence-corrected chi connectivity index (χ2v) is 10.1. The average Bonchev–Trinajstić information content (AvgIpc) is 2.64. The first-order valence-electron chi connectivity index (χ1n) is 8.47. The Morgan fingerprint density at radius 3 is 2.43 bits per heavy atom. The Balaban J connectivity index is 1.80. The molecule has 2 rings (SSSR count). The third kappa shape index (κ3) is 5.95. The van der Waals surface area contributed by atoms with Gasteiger partial charge in [-0.2, -0.15) is 0 Å². The van der Waals surface area contributed by atoms with Gasteiger partial charge in [0.15, 0.2) is 0 Å². The fourth-order valence-corrected chi connectivity index (χ4v) is 4.76. The van der Waals surface area contributed by atoms with Crippen LogP contribution >= 0.6 is 0 Å². The second kappa shape index (κ2) is 8.94. The Kier molecular flexibility index (Phi) is 7.09. The summed E-state index contributed by atoms with van der Waals surface area (Å²) < 4.78 is 50.9. The first kappa shape index (κ1) is 22.2. The molecule has 1 aromatic rings. The van der Waals surface area contributed by atoms with Gasteiger partial charge in [-0.15, -0.1) is 0 Å². The van der Waals surface area contributed by atoms with Crippen LogP contribution in [0.5, 0.6) is 0 Å². The molecule has 0 bridgehead atoms. The molecular weight excluding hydrogens is 412 g/mol. The molecule has 1 aliphatic rings. The minimum atomic E-state index is -3.94. The Labute approximate surface area is 163 Å². The molecule has 0 aliphatic carbocycles. The topological polar surface area (TPSA) is 156 Å². The molecule has 0 saturated carbocycles. The third-order valence-corrected chi connectivity index (χ3v) is 7.11. The number of nitro groups is 1. The number of hydrogen-bond donors (Lipinski definition) is 2. The molecule has 0 spiro atoms. The standard InChI is InChI=1S/C15H22N4O7S2/c1-27(23,24)18-9-5-12(6-10-18)15(20)16-7-8-17-28(25,26)14-4-2-3-13(11-14)19(21)22/h2-4,11-12,17H,5-10H2,1H3,(H,16,20). The molecule has 2 N–H and O–H groups in total. The molecule has 0 aromatic heterocycles. The zero-order valence-electron chi connectivity index (χ0n) is 15.2. The van der Waals surface area contributed by atoms with E-state index >= 15 is 0 Å². The minimum Gasteiger partial charge on any atom is -0.355 e. The van der Waals surface area contributed by atoms with Crippen LogP contribution in [-0.4, -0.2) is 64.4 Å². The summed E-state index contributed by atoms with van der Waals surface area (Å²) in [4.78, 5) is 22.0. The fourth-order valence-electron chi connectivity index (χ4n) is 2.81. The summed E-state index contributed by atoms with van der Waals surface area (Å²) in [6.45, 7) is 0.505. The zero-order chi connectivity index (χ0) is 20.9. The molecule has 1 amide bonds. The molecule has 0 unspecified atom stereocenters. The second-order valence-electron chi connectivity index (χ2n) is 6.38. The van der Waals surface area contributed by atoms with Crippen molar-refractivity contribution >= 4 is 31.6 Å². The summed E-state index contributed by atoms with van der Waals surface area (Å²) in [7, 11) is -7.21. The van der Waals surface area contributed by atoms with E-state index in [1.807, 2.05) is 0 Å². The van der Waals surface area contributed by atoms with Crippen LogP contribution in [0.2, 0.25) is 0 Å². The van der Waals surface area contributed by atoms with Crippen LogP contribution in [0.3, 0.4) is 0 Å². The van der Waals surface area contributed by atoms with Crippen LogP contribution in [0.1, 0.15) is 12.8 Å². The monoisotopic (exact) mass is 434 g/mol. The van der Waals surface area contributed by atoms with Crippen LogP contribution in [0.4, 0.5) is 5.69 Å². The molecule has 1 aliphatic heterocycles. The summed E-state index contributed by atoms with van der Waals surface area (Å²) in [6, 6.07) is 4.66. The molecule has 0 atom stereocenters. The number of amides is 1. The average molecular weight is 434 g/mol. The fraction of sp³-hybridized carbons (Fsp3) is 0.533. The van der Waals surface area contributed by atoms with Gasteiger partial charge < -0.3 is 5.32 Å². The van der Waals surface area contributed by atoms with Crippen LogP contribution in [0.15, 0.2) is 29.2 Å². The van der Waals surface area contributed by atoms with Gasteiger partial charge in [-0.05, 0) is 18.9 Å². The highest BCUT2D eigenvalue weighted by Gasteiger charge is 2.28. The number of nitrogens with zero attached hydrogens (tertiary/aromatic N) is 2. The Morgan fingerprint density at radius 1 is 1.21 bits per heavy atom. The van der Waals surface area contributed by atoms with Crippen molar-refractivity contribution in [2.45, 2.75) is 17.7 Å². The van der Waals surface area contributed by atoms with Gasteiger partial charge in [-0.25, -0.2) is 25.9 Å². The molecule has 1 aromatic carbocycles. The number of nitrogens with one attached hydrogen (secondary N) is 2. The number of benzene rings is 1. The SMILES string of the molecule is CS(=O)(=O)N1CCC(C(=O)NCCNS(=O)(=O)c2cccc([N+](=O)[O-])c2)CC1. The summed E-state index contributed by atoms with van der Waals surface area (Å²) in [5, 5.41) is 13.4. The lowest BCUT2D eigenvalue weighted by Gasteiger charge is -2.29. The zero-order valence-corrected chi connectivity index (χ0v) is 16.8. The van der Waals surface area contributed by atoms with E-state index in [1.165, 1.54) is 22.5 Å².